The molecular formula is C12H20N2OS. The summed E-state index contributed by atoms with van der Waals surface area (Å²) in [5.74, 6) is 0.427. The highest BCUT2D eigenvalue weighted by atomic mass is 32.1. The fourth-order valence-electron chi connectivity index (χ4n) is 2.14. The van der Waals surface area contributed by atoms with Crippen LogP contribution in [0.15, 0.2) is 5.38 Å². The quantitative estimate of drug-likeness (QED) is 0.861. The number of nitrogens with two attached hydrogens (primary N) is 1. The summed E-state index contributed by atoms with van der Waals surface area (Å²) in [5.41, 5.74) is 6.95. The summed E-state index contributed by atoms with van der Waals surface area (Å²) in [5, 5.41) is 3.30. The van der Waals surface area contributed by atoms with Crippen molar-refractivity contribution >= 4 is 11.3 Å². The van der Waals surface area contributed by atoms with Gasteiger partial charge in [0, 0.05) is 24.4 Å². The summed E-state index contributed by atoms with van der Waals surface area (Å²) >= 11 is 1.72. The first-order chi connectivity index (χ1) is 7.85. The molecule has 0 radical (unpaired) electrons. The van der Waals surface area contributed by atoms with Gasteiger partial charge >= 0.3 is 0 Å². The van der Waals surface area contributed by atoms with Gasteiger partial charge in [0.1, 0.15) is 11.1 Å². The maximum absolute atomic E-state index is 5.79. The molecule has 0 spiro atoms. The number of hydrogen-bond acceptors (Lipinski definition) is 4. The Morgan fingerprint density at radius 2 is 2.56 bits per heavy atom. The zero-order chi connectivity index (χ0) is 11.4. The van der Waals surface area contributed by atoms with E-state index in [-0.39, 0.29) is 6.10 Å². The maximum Gasteiger partial charge on any atom is 0.122 e. The molecule has 2 rings (SSSR count). The monoisotopic (exact) mass is 240 g/mol. The van der Waals surface area contributed by atoms with E-state index in [1.807, 2.05) is 0 Å². The molecule has 2 N–H and O–H groups in total. The van der Waals surface area contributed by atoms with Crippen molar-refractivity contribution in [3.8, 4) is 0 Å². The van der Waals surface area contributed by atoms with Crippen LogP contribution >= 0.6 is 11.3 Å². The predicted octanol–water partition coefficient (Wildman–Crippen LogP) is 2.84. The van der Waals surface area contributed by atoms with Gasteiger partial charge in [0.25, 0.3) is 0 Å². The lowest BCUT2D eigenvalue weighted by Crippen LogP contribution is -2.12. The first kappa shape index (κ1) is 12.0. The molecule has 1 saturated heterocycles. The number of thiazole rings is 1. The van der Waals surface area contributed by atoms with Crippen LogP contribution in [0, 0.1) is 0 Å². The molecule has 0 aromatic carbocycles. The minimum Gasteiger partial charge on any atom is -0.371 e. The SMILES string of the molecule is CCCC(CN)c1csc(C2CCCO2)n1. The molecule has 1 fully saturated rings. The van der Waals surface area contributed by atoms with Crippen molar-refractivity contribution in [2.45, 2.75) is 44.6 Å². The van der Waals surface area contributed by atoms with Crippen molar-refractivity contribution in [1.82, 2.24) is 4.98 Å². The Hall–Kier alpha value is -0.450. The van der Waals surface area contributed by atoms with E-state index in [0.717, 1.165) is 37.3 Å². The predicted molar refractivity (Wildman–Crippen MR) is 66.7 cm³/mol. The minimum atomic E-state index is 0.249. The van der Waals surface area contributed by atoms with Crippen molar-refractivity contribution in [3.63, 3.8) is 0 Å². The Labute approximate surface area is 101 Å². The number of ether oxygens (including phenoxy) is 1. The molecule has 0 amide bonds. The molecular weight excluding hydrogens is 220 g/mol. The van der Waals surface area contributed by atoms with Gasteiger partial charge in [0.2, 0.25) is 0 Å². The highest BCUT2D eigenvalue weighted by Gasteiger charge is 2.22. The molecule has 0 bridgehead atoms. The second kappa shape index (κ2) is 5.75. The third-order valence-corrected chi connectivity index (χ3v) is 4.04. The van der Waals surface area contributed by atoms with Crippen molar-refractivity contribution < 1.29 is 4.74 Å². The summed E-state index contributed by atoms with van der Waals surface area (Å²) in [7, 11) is 0. The Morgan fingerprint density at radius 1 is 1.69 bits per heavy atom. The molecule has 2 heterocycles. The minimum absolute atomic E-state index is 0.249. The maximum atomic E-state index is 5.79. The summed E-state index contributed by atoms with van der Waals surface area (Å²) < 4.78 is 5.64. The van der Waals surface area contributed by atoms with E-state index in [1.165, 1.54) is 5.69 Å². The van der Waals surface area contributed by atoms with Crippen LogP contribution in [0.2, 0.25) is 0 Å². The highest BCUT2D eigenvalue weighted by molar-refractivity contribution is 7.09. The van der Waals surface area contributed by atoms with Gasteiger partial charge in [-0.05, 0) is 19.3 Å². The van der Waals surface area contributed by atoms with Crippen LogP contribution < -0.4 is 5.73 Å². The average Bonchev–Trinajstić information content (AvgIpc) is 2.95. The van der Waals surface area contributed by atoms with Crippen molar-refractivity contribution in [2.24, 2.45) is 5.73 Å². The molecule has 2 atom stereocenters. The normalized spacial score (nSPS) is 22.5. The smallest absolute Gasteiger partial charge is 0.122 e. The number of hydrogen-bond donors (Lipinski definition) is 1. The fraction of sp³-hybridized carbons (Fsp3) is 0.750. The lowest BCUT2D eigenvalue weighted by molar-refractivity contribution is 0.111. The van der Waals surface area contributed by atoms with Gasteiger partial charge in [-0.3, -0.25) is 0 Å². The number of nitrogens with zero attached hydrogens (tertiary/aromatic N) is 1. The summed E-state index contributed by atoms with van der Waals surface area (Å²) in [6.07, 6.45) is 4.82. The summed E-state index contributed by atoms with van der Waals surface area (Å²) in [4.78, 5) is 4.70. The van der Waals surface area contributed by atoms with E-state index < -0.39 is 0 Å². The molecule has 0 saturated carbocycles. The van der Waals surface area contributed by atoms with Gasteiger partial charge in [-0.1, -0.05) is 13.3 Å². The average molecular weight is 240 g/mol. The first-order valence-corrected chi connectivity index (χ1v) is 7.00. The Morgan fingerprint density at radius 3 is 3.19 bits per heavy atom. The van der Waals surface area contributed by atoms with Crippen molar-refractivity contribution in [2.75, 3.05) is 13.2 Å². The standard InChI is InChI=1S/C12H20N2OS/c1-2-4-9(7-13)10-8-16-12(14-10)11-5-3-6-15-11/h8-9,11H,2-7,13H2,1H3. The van der Waals surface area contributed by atoms with Crippen LogP contribution in [0.5, 0.6) is 0 Å². The lowest BCUT2D eigenvalue weighted by Gasteiger charge is -2.10. The zero-order valence-electron chi connectivity index (χ0n) is 9.82. The van der Waals surface area contributed by atoms with E-state index in [0.29, 0.717) is 12.5 Å². The van der Waals surface area contributed by atoms with Gasteiger partial charge in [0.05, 0.1) is 5.69 Å². The third-order valence-electron chi connectivity index (χ3n) is 3.08. The number of rotatable bonds is 5. The molecule has 2 unspecified atom stereocenters. The Bertz CT molecular complexity index is 321. The molecule has 0 aliphatic carbocycles. The summed E-state index contributed by atoms with van der Waals surface area (Å²) in [6, 6.07) is 0. The van der Waals surface area contributed by atoms with Crippen LogP contribution in [-0.4, -0.2) is 18.1 Å². The topological polar surface area (TPSA) is 48.1 Å². The van der Waals surface area contributed by atoms with Crippen LogP contribution in [0.25, 0.3) is 0 Å². The Balaban J connectivity index is 2.05. The molecule has 1 aliphatic rings. The van der Waals surface area contributed by atoms with E-state index in [2.05, 4.69) is 12.3 Å². The third kappa shape index (κ3) is 2.62. The van der Waals surface area contributed by atoms with E-state index in [4.69, 9.17) is 15.5 Å². The van der Waals surface area contributed by atoms with Crippen LogP contribution in [0.4, 0.5) is 0 Å². The largest absolute Gasteiger partial charge is 0.371 e. The van der Waals surface area contributed by atoms with E-state index in [9.17, 15) is 0 Å². The van der Waals surface area contributed by atoms with Gasteiger partial charge < -0.3 is 10.5 Å². The summed E-state index contributed by atoms with van der Waals surface area (Å²) in [6.45, 7) is 3.77. The van der Waals surface area contributed by atoms with Gasteiger partial charge in [-0.15, -0.1) is 11.3 Å². The van der Waals surface area contributed by atoms with Crippen LogP contribution in [0.1, 0.15) is 55.3 Å². The van der Waals surface area contributed by atoms with Gasteiger partial charge in [-0.2, -0.15) is 0 Å². The molecule has 90 valence electrons. The number of aromatic nitrogens is 1. The molecule has 1 aromatic heterocycles. The van der Waals surface area contributed by atoms with E-state index >= 15 is 0 Å². The fourth-order valence-corrected chi connectivity index (χ4v) is 3.13. The molecule has 1 aliphatic heterocycles. The first-order valence-electron chi connectivity index (χ1n) is 6.12. The van der Waals surface area contributed by atoms with Crippen molar-refractivity contribution in [3.05, 3.63) is 16.1 Å². The van der Waals surface area contributed by atoms with Gasteiger partial charge in [-0.25, -0.2) is 4.98 Å². The lowest BCUT2D eigenvalue weighted by atomic mass is 10.0. The highest BCUT2D eigenvalue weighted by Crippen LogP contribution is 2.32. The van der Waals surface area contributed by atoms with Crippen LogP contribution in [-0.2, 0) is 4.74 Å². The van der Waals surface area contributed by atoms with Crippen molar-refractivity contribution in [1.29, 1.82) is 0 Å². The van der Waals surface area contributed by atoms with Gasteiger partial charge in [0.15, 0.2) is 0 Å². The zero-order valence-corrected chi connectivity index (χ0v) is 10.6. The molecule has 4 heteroatoms. The second-order valence-electron chi connectivity index (χ2n) is 4.33. The van der Waals surface area contributed by atoms with E-state index in [1.54, 1.807) is 11.3 Å². The molecule has 3 nitrogen and oxygen atoms in total. The second-order valence-corrected chi connectivity index (χ2v) is 5.22. The molecule has 1 aromatic rings. The Kier molecular flexibility index (Phi) is 4.32. The molecule has 16 heavy (non-hydrogen) atoms. The van der Waals surface area contributed by atoms with Crippen LogP contribution in [0.3, 0.4) is 0 Å².